The van der Waals surface area contributed by atoms with E-state index in [0.717, 1.165) is 62.0 Å². The van der Waals surface area contributed by atoms with Gasteiger partial charge < -0.3 is 10.2 Å². The van der Waals surface area contributed by atoms with E-state index in [-0.39, 0.29) is 23.4 Å². The average molecular weight is 462 g/mol. The van der Waals surface area contributed by atoms with Gasteiger partial charge in [-0.3, -0.25) is 4.79 Å². The fourth-order valence-electron chi connectivity index (χ4n) is 5.27. The second-order valence-corrected chi connectivity index (χ2v) is 9.77. The molecule has 1 saturated carbocycles. The molecular weight excluding hydrogens is 433 g/mol. The molecule has 3 heterocycles. The number of amides is 1. The van der Waals surface area contributed by atoms with Crippen molar-refractivity contribution in [3.63, 3.8) is 0 Å². The summed E-state index contributed by atoms with van der Waals surface area (Å²) in [6.45, 7) is 2.36. The normalized spacial score (nSPS) is 19.7. The van der Waals surface area contributed by atoms with Crippen LogP contribution < -0.4 is 11.0 Å². The van der Waals surface area contributed by atoms with Crippen LogP contribution in [0.5, 0.6) is 0 Å². The van der Waals surface area contributed by atoms with Crippen molar-refractivity contribution in [2.45, 2.75) is 38.5 Å². The van der Waals surface area contributed by atoms with Crippen molar-refractivity contribution >= 4 is 11.6 Å². The van der Waals surface area contributed by atoms with Crippen LogP contribution in [0.3, 0.4) is 0 Å². The molecule has 2 aliphatic heterocycles. The number of aromatic amines is 1. The predicted octanol–water partition coefficient (Wildman–Crippen LogP) is 3.53. The van der Waals surface area contributed by atoms with E-state index in [9.17, 15) is 9.59 Å². The molecule has 6 rings (SSSR count). The van der Waals surface area contributed by atoms with Crippen LogP contribution in [0.15, 0.2) is 41.2 Å². The summed E-state index contributed by atoms with van der Waals surface area (Å²) in [4.78, 5) is 26.9. The summed E-state index contributed by atoms with van der Waals surface area (Å²) in [6.07, 6.45) is 5.55. The highest BCUT2D eigenvalue weighted by molar-refractivity contribution is 5.81. The number of nitrogens with one attached hydrogen (secondary N) is 2. The minimum Gasteiger partial charge on any atom is -0.385 e. The quantitative estimate of drug-likeness (QED) is 0.609. The average Bonchev–Trinajstić information content (AvgIpc) is 3.50. The van der Waals surface area contributed by atoms with Crippen molar-refractivity contribution in [2.75, 3.05) is 25.0 Å². The number of carbonyl (C=O) groups is 1. The number of aromatic nitrogens is 3. The van der Waals surface area contributed by atoms with Gasteiger partial charge in [0.05, 0.1) is 5.69 Å². The van der Waals surface area contributed by atoms with Crippen molar-refractivity contribution in [1.82, 2.24) is 19.7 Å². The van der Waals surface area contributed by atoms with Crippen LogP contribution in [-0.4, -0.2) is 45.2 Å². The highest BCUT2D eigenvalue weighted by atomic mass is 19.1. The monoisotopic (exact) mass is 461 g/mol. The molecule has 1 aliphatic carbocycles. The number of rotatable bonds is 5. The molecule has 0 spiro atoms. The maximum absolute atomic E-state index is 15.3. The first kappa shape index (κ1) is 21.1. The lowest BCUT2D eigenvalue weighted by Crippen LogP contribution is -2.30. The van der Waals surface area contributed by atoms with Crippen molar-refractivity contribution in [3.05, 3.63) is 64.1 Å². The predicted molar refractivity (Wildman–Crippen MR) is 128 cm³/mol. The molecule has 176 valence electrons. The number of hydrogen-bond donors (Lipinski definition) is 2. The first-order valence-electron chi connectivity index (χ1n) is 12.2. The molecule has 34 heavy (non-hydrogen) atoms. The Morgan fingerprint density at radius 1 is 1.12 bits per heavy atom. The van der Waals surface area contributed by atoms with E-state index in [1.165, 1.54) is 16.2 Å². The summed E-state index contributed by atoms with van der Waals surface area (Å²) in [5.74, 6) is 0.703. The standard InChI is InChI=1S/C26H28FN5O2/c27-21-13-19(20-6-3-17-2-1-10-28-22(17)14-20)7-8-23(21)32-24(29-30-26(32)34)12-16-9-11-31(15-16)25(33)18-4-5-18/h3,6-8,13-14,16,18,28H,1-2,4-5,9-12,15H2,(H,30,34)/t16-/m0/s1. The Labute approximate surface area is 197 Å². The molecule has 1 saturated heterocycles. The number of hydrogen-bond acceptors (Lipinski definition) is 4. The molecule has 2 aromatic carbocycles. The summed E-state index contributed by atoms with van der Waals surface area (Å²) < 4.78 is 16.6. The minimum absolute atomic E-state index is 0.192. The van der Waals surface area contributed by atoms with Crippen LogP contribution >= 0.6 is 0 Å². The summed E-state index contributed by atoms with van der Waals surface area (Å²) in [6, 6.07) is 11.2. The Bertz CT molecular complexity index is 1310. The number of likely N-dealkylation sites (tertiary alicyclic amines) is 1. The SMILES string of the molecule is O=C(C1CC1)N1CC[C@@H](Cc2n[nH]c(=O)n2-c2ccc(-c3ccc4c(c3)NCCC4)cc2F)C1. The number of halogens is 1. The maximum atomic E-state index is 15.3. The number of fused-ring (bicyclic) bond motifs is 1. The van der Waals surface area contributed by atoms with Gasteiger partial charge in [0.1, 0.15) is 11.6 Å². The number of carbonyl (C=O) groups excluding carboxylic acids is 1. The van der Waals surface area contributed by atoms with Gasteiger partial charge in [0.2, 0.25) is 5.91 Å². The lowest BCUT2D eigenvalue weighted by molar-refractivity contribution is -0.131. The van der Waals surface area contributed by atoms with Gasteiger partial charge in [-0.15, -0.1) is 0 Å². The van der Waals surface area contributed by atoms with Crippen molar-refractivity contribution in [3.8, 4) is 16.8 Å². The number of aryl methyl sites for hydroxylation is 1. The van der Waals surface area contributed by atoms with Crippen LogP contribution in [0.25, 0.3) is 16.8 Å². The third-order valence-electron chi connectivity index (χ3n) is 7.31. The first-order valence-corrected chi connectivity index (χ1v) is 12.2. The largest absolute Gasteiger partial charge is 0.385 e. The lowest BCUT2D eigenvalue weighted by atomic mass is 9.97. The second-order valence-electron chi connectivity index (χ2n) is 9.77. The van der Waals surface area contributed by atoms with Gasteiger partial charge in [0, 0.05) is 37.7 Å². The van der Waals surface area contributed by atoms with Crippen LogP contribution in [0.2, 0.25) is 0 Å². The van der Waals surface area contributed by atoms with Crippen molar-refractivity contribution in [1.29, 1.82) is 0 Å². The molecule has 1 aromatic heterocycles. The Morgan fingerprint density at radius 3 is 2.76 bits per heavy atom. The lowest BCUT2D eigenvalue weighted by Gasteiger charge is -2.19. The topological polar surface area (TPSA) is 83.0 Å². The number of H-pyrrole nitrogens is 1. The number of anilines is 1. The maximum Gasteiger partial charge on any atom is 0.348 e. The molecule has 3 aliphatic rings. The van der Waals surface area contributed by atoms with Crippen LogP contribution in [0.4, 0.5) is 10.1 Å². The zero-order valence-corrected chi connectivity index (χ0v) is 19.0. The van der Waals surface area contributed by atoms with Gasteiger partial charge in [-0.25, -0.2) is 18.9 Å². The molecule has 3 aromatic rings. The molecular formula is C26H28FN5O2. The minimum atomic E-state index is -0.468. The van der Waals surface area contributed by atoms with E-state index in [1.807, 2.05) is 17.0 Å². The van der Waals surface area contributed by atoms with Gasteiger partial charge in [-0.05, 0) is 72.9 Å². The zero-order valence-electron chi connectivity index (χ0n) is 19.0. The van der Waals surface area contributed by atoms with E-state index in [4.69, 9.17) is 0 Å². The fraction of sp³-hybridized carbons (Fsp3) is 0.423. The number of benzene rings is 2. The van der Waals surface area contributed by atoms with Gasteiger partial charge in [0.25, 0.3) is 0 Å². The van der Waals surface area contributed by atoms with Gasteiger partial charge in [-0.1, -0.05) is 18.2 Å². The molecule has 1 atom stereocenters. The molecule has 2 N–H and O–H groups in total. The smallest absolute Gasteiger partial charge is 0.348 e. The Kier molecular flexibility index (Phi) is 5.23. The second kappa shape index (κ2) is 8.42. The van der Waals surface area contributed by atoms with Crippen molar-refractivity contribution in [2.24, 2.45) is 11.8 Å². The van der Waals surface area contributed by atoms with Crippen molar-refractivity contribution < 1.29 is 9.18 Å². The van der Waals surface area contributed by atoms with E-state index in [2.05, 4.69) is 27.6 Å². The molecule has 8 heteroatoms. The van der Waals surface area contributed by atoms with E-state index >= 15 is 4.39 Å². The van der Waals surface area contributed by atoms with E-state index in [1.54, 1.807) is 6.07 Å². The first-order chi connectivity index (χ1) is 16.6. The summed E-state index contributed by atoms with van der Waals surface area (Å²) in [5.41, 5.74) is 3.82. The third-order valence-corrected chi connectivity index (χ3v) is 7.31. The molecule has 0 bridgehead atoms. The Balaban J connectivity index is 1.24. The molecule has 0 radical (unpaired) electrons. The molecule has 7 nitrogen and oxygen atoms in total. The van der Waals surface area contributed by atoms with Crippen LogP contribution in [0, 0.1) is 17.7 Å². The summed E-state index contributed by atoms with van der Waals surface area (Å²) in [7, 11) is 0. The van der Waals surface area contributed by atoms with Gasteiger partial charge in [-0.2, -0.15) is 5.10 Å². The van der Waals surface area contributed by atoms with Gasteiger partial charge in [0.15, 0.2) is 0 Å². The highest BCUT2D eigenvalue weighted by Gasteiger charge is 2.37. The molecule has 1 amide bonds. The molecule has 0 unspecified atom stereocenters. The van der Waals surface area contributed by atoms with E-state index < -0.39 is 11.5 Å². The van der Waals surface area contributed by atoms with E-state index in [0.29, 0.717) is 18.8 Å². The summed E-state index contributed by atoms with van der Waals surface area (Å²) >= 11 is 0. The third kappa shape index (κ3) is 3.91. The Morgan fingerprint density at radius 2 is 1.94 bits per heavy atom. The Hall–Kier alpha value is -3.42. The summed E-state index contributed by atoms with van der Waals surface area (Å²) in [5, 5.41) is 10.1. The van der Waals surface area contributed by atoms with Crippen LogP contribution in [0.1, 0.15) is 37.1 Å². The fourth-order valence-corrected chi connectivity index (χ4v) is 5.27. The highest BCUT2D eigenvalue weighted by Crippen LogP contribution is 2.34. The number of nitrogens with zero attached hydrogens (tertiary/aromatic N) is 3. The molecule has 2 fully saturated rings. The zero-order chi connectivity index (χ0) is 23.2. The van der Waals surface area contributed by atoms with Crippen LogP contribution in [-0.2, 0) is 17.6 Å². The van der Waals surface area contributed by atoms with Gasteiger partial charge >= 0.3 is 5.69 Å².